The summed E-state index contributed by atoms with van der Waals surface area (Å²) >= 11 is 3.30. The van der Waals surface area contributed by atoms with E-state index in [0.717, 1.165) is 17.3 Å². The molecule has 1 aromatic carbocycles. The van der Waals surface area contributed by atoms with Crippen LogP contribution in [0.25, 0.3) is 0 Å². The number of hydrogen-bond donors (Lipinski definition) is 1. The van der Waals surface area contributed by atoms with Gasteiger partial charge in [-0.15, -0.1) is 0 Å². The predicted octanol–water partition coefficient (Wildman–Crippen LogP) is 2.91. The lowest BCUT2D eigenvalue weighted by Crippen LogP contribution is -2.26. The molecule has 0 aromatic heterocycles. The highest BCUT2D eigenvalue weighted by Gasteiger charge is 2.07. The second-order valence-electron chi connectivity index (χ2n) is 4.09. The number of nitrogens with one attached hydrogen (secondary N) is 1. The molecule has 0 bridgehead atoms. The van der Waals surface area contributed by atoms with Gasteiger partial charge >= 0.3 is 5.97 Å². The van der Waals surface area contributed by atoms with Crippen LogP contribution in [0.3, 0.4) is 0 Å². The smallest absolute Gasteiger partial charge is 0.307 e. The maximum atomic E-state index is 11.8. The number of amides is 1. The van der Waals surface area contributed by atoms with Crippen LogP contribution in [0.1, 0.15) is 36.5 Å². The zero-order valence-electron chi connectivity index (χ0n) is 10.9. The first-order chi connectivity index (χ1) is 9.13. The van der Waals surface area contributed by atoms with Crippen molar-refractivity contribution in [3.63, 3.8) is 0 Å². The Hall–Kier alpha value is -1.36. The van der Waals surface area contributed by atoms with Crippen LogP contribution >= 0.6 is 15.9 Å². The summed E-state index contributed by atoms with van der Waals surface area (Å²) < 4.78 is 5.84. The summed E-state index contributed by atoms with van der Waals surface area (Å²) in [6, 6.07) is 7.09. The molecule has 0 radical (unpaired) electrons. The number of hydrogen-bond acceptors (Lipinski definition) is 3. The summed E-state index contributed by atoms with van der Waals surface area (Å²) in [5, 5.41) is 2.69. The molecule has 4 nitrogen and oxygen atoms in total. The van der Waals surface area contributed by atoms with Crippen molar-refractivity contribution in [3.05, 3.63) is 34.3 Å². The van der Waals surface area contributed by atoms with Crippen molar-refractivity contribution < 1.29 is 14.3 Å². The molecule has 0 aliphatic heterocycles. The lowest BCUT2D eigenvalue weighted by atomic mass is 10.2. The average molecular weight is 328 g/mol. The summed E-state index contributed by atoms with van der Waals surface area (Å²) in [5.74, 6) is -0.467. The van der Waals surface area contributed by atoms with Crippen LogP contribution < -0.4 is 5.32 Å². The van der Waals surface area contributed by atoms with Gasteiger partial charge in [0, 0.05) is 16.6 Å². The highest BCUT2D eigenvalue weighted by Crippen LogP contribution is 2.11. The molecule has 5 heteroatoms. The van der Waals surface area contributed by atoms with E-state index in [1.807, 2.05) is 13.0 Å². The van der Waals surface area contributed by atoms with Gasteiger partial charge in [-0.3, -0.25) is 9.59 Å². The highest BCUT2D eigenvalue weighted by molar-refractivity contribution is 9.10. The highest BCUT2D eigenvalue weighted by atomic mass is 79.9. The number of ether oxygens (including phenoxy) is 1. The minimum absolute atomic E-state index is 0.192. The minimum atomic E-state index is -0.275. The number of benzene rings is 1. The van der Waals surface area contributed by atoms with Gasteiger partial charge < -0.3 is 10.1 Å². The Bertz CT molecular complexity index is 434. The third kappa shape index (κ3) is 6.38. The Morgan fingerprint density at radius 3 is 2.84 bits per heavy atom. The predicted molar refractivity (Wildman–Crippen MR) is 77.0 cm³/mol. The molecule has 104 valence electrons. The number of halogens is 1. The Morgan fingerprint density at radius 1 is 1.37 bits per heavy atom. The van der Waals surface area contributed by atoms with E-state index >= 15 is 0 Å². The van der Waals surface area contributed by atoms with Crippen LogP contribution in [0.2, 0.25) is 0 Å². The van der Waals surface area contributed by atoms with Crippen molar-refractivity contribution in [2.45, 2.75) is 26.2 Å². The van der Waals surface area contributed by atoms with E-state index in [0.29, 0.717) is 12.2 Å². The number of carbonyl (C=O) groups is 2. The van der Waals surface area contributed by atoms with E-state index < -0.39 is 0 Å². The monoisotopic (exact) mass is 327 g/mol. The molecule has 1 N–H and O–H groups in total. The first-order valence-electron chi connectivity index (χ1n) is 6.33. The third-order valence-corrected chi connectivity index (χ3v) is 2.96. The fourth-order valence-corrected chi connectivity index (χ4v) is 1.81. The Kier molecular flexibility index (Phi) is 7.18. The summed E-state index contributed by atoms with van der Waals surface area (Å²) in [4.78, 5) is 23.1. The quantitative estimate of drug-likeness (QED) is 0.618. The van der Waals surface area contributed by atoms with Gasteiger partial charge in [-0.1, -0.05) is 35.3 Å². The normalized spacial score (nSPS) is 10.0. The van der Waals surface area contributed by atoms with Crippen LogP contribution in [-0.2, 0) is 9.53 Å². The molecular weight excluding hydrogens is 310 g/mol. The molecule has 1 amide bonds. The van der Waals surface area contributed by atoms with E-state index in [1.165, 1.54) is 0 Å². The topological polar surface area (TPSA) is 55.4 Å². The van der Waals surface area contributed by atoms with Crippen molar-refractivity contribution in [2.24, 2.45) is 0 Å². The van der Waals surface area contributed by atoms with Gasteiger partial charge in [0.05, 0.1) is 13.0 Å². The number of esters is 1. The molecule has 0 atom stereocenters. The number of rotatable bonds is 7. The van der Waals surface area contributed by atoms with Crippen molar-refractivity contribution in [2.75, 3.05) is 13.2 Å². The molecule has 1 rings (SSSR count). The molecule has 0 saturated carbocycles. The van der Waals surface area contributed by atoms with Gasteiger partial charge in [-0.25, -0.2) is 0 Å². The van der Waals surface area contributed by atoms with Crippen LogP contribution in [0.4, 0.5) is 0 Å². The molecule has 0 aliphatic carbocycles. The SMILES string of the molecule is CCCCOC(=O)CCNC(=O)c1cccc(Br)c1. The first-order valence-corrected chi connectivity index (χ1v) is 7.12. The van der Waals surface area contributed by atoms with Crippen LogP contribution in [0, 0.1) is 0 Å². The molecule has 0 fully saturated rings. The second-order valence-corrected chi connectivity index (χ2v) is 5.01. The van der Waals surface area contributed by atoms with Crippen molar-refractivity contribution in [1.82, 2.24) is 5.32 Å². The summed E-state index contributed by atoms with van der Waals surface area (Å²) in [7, 11) is 0. The lowest BCUT2D eigenvalue weighted by Gasteiger charge is -2.06. The second kappa shape index (κ2) is 8.69. The summed E-state index contributed by atoms with van der Waals surface area (Å²) in [6.45, 7) is 2.78. The fourth-order valence-electron chi connectivity index (χ4n) is 1.41. The zero-order valence-corrected chi connectivity index (χ0v) is 12.5. The van der Waals surface area contributed by atoms with Crippen molar-refractivity contribution in [3.8, 4) is 0 Å². The molecule has 19 heavy (non-hydrogen) atoms. The van der Waals surface area contributed by atoms with Crippen LogP contribution in [-0.4, -0.2) is 25.0 Å². The van der Waals surface area contributed by atoms with Crippen molar-refractivity contribution >= 4 is 27.8 Å². The van der Waals surface area contributed by atoms with E-state index in [2.05, 4.69) is 21.2 Å². The standard InChI is InChI=1S/C14H18BrNO3/c1-2-3-9-19-13(17)7-8-16-14(18)11-5-4-6-12(15)10-11/h4-6,10H,2-3,7-9H2,1H3,(H,16,18). The molecule has 0 aliphatic rings. The number of unbranched alkanes of at least 4 members (excludes halogenated alkanes) is 1. The van der Waals surface area contributed by atoms with Gasteiger partial charge in [0.15, 0.2) is 0 Å². The third-order valence-electron chi connectivity index (χ3n) is 2.46. The molecule has 0 unspecified atom stereocenters. The number of carbonyl (C=O) groups excluding carboxylic acids is 2. The minimum Gasteiger partial charge on any atom is -0.466 e. The summed E-state index contributed by atoms with van der Waals surface area (Å²) in [5.41, 5.74) is 0.564. The Labute approximate surface area is 121 Å². The van der Waals surface area contributed by atoms with E-state index in [1.54, 1.807) is 18.2 Å². The van der Waals surface area contributed by atoms with Gasteiger partial charge in [0.2, 0.25) is 0 Å². The molecule has 0 heterocycles. The molecule has 0 saturated heterocycles. The van der Waals surface area contributed by atoms with Crippen LogP contribution in [0.5, 0.6) is 0 Å². The van der Waals surface area contributed by atoms with Crippen LogP contribution in [0.15, 0.2) is 28.7 Å². The molecule has 0 spiro atoms. The molecule has 1 aromatic rings. The zero-order chi connectivity index (χ0) is 14.1. The lowest BCUT2D eigenvalue weighted by molar-refractivity contribution is -0.143. The Balaban J connectivity index is 2.25. The van der Waals surface area contributed by atoms with Gasteiger partial charge in [-0.2, -0.15) is 0 Å². The maximum Gasteiger partial charge on any atom is 0.307 e. The average Bonchev–Trinajstić information content (AvgIpc) is 2.39. The fraction of sp³-hybridized carbons (Fsp3) is 0.429. The first kappa shape index (κ1) is 15.7. The molecular formula is C14H18BrNO3. The Morgan fingerprint density at radius 2 is 2.16 bits per heavy atom. The van der Waals surface area contributed by atoms with Gasteiger partial charge in [-0.05, 0) is 24.6 Å². The van der Waals surface area contributed by atoms with Crippen molar-refractivity contribution in [1.29, 1.82) is 0 Å². The van der Waals surface area contributed by atoms with E-state index in [9.17, 15) is 9.59 Å². The van der Waals surface area contributed by atoms with E-state index in [-0.39, 0.29) is 24.8 Å². The maximum absolute atomic E-state index is 11.8. The largest absolute Gasteiger partial charge is 0.466 e. The van der Waals surface area contributed by atoms with E-state index in [4.69, 9.17) is 4.74 Å². The van der Waals surface area contributed by atoms with Gasteiger partial charge in [0.25, 0.3) is 5.91 Å². The van der Waals surface area contributed by atoms with Gasteiger partial charge in [0.1, 0.15) is 0 Å². The summed E-state index contributed by atoms with van der Waals surface area (Å²) in [6.07, 6.45) is 2.06.